The molecule has 4 nitrogen and oxygen atoms in total. The molecule has 0 saturated carbocycles. The third-order valence-corrected chi connectivity index (χ3v) is 5.21. The Kier molecular flexibility index (Phi) is 7.34. The molecule has 1 aliphatic carbocycles. The van der Waals surface area contributed by atoms with E-state index in [0.717, 1.165) is 18.2 Å². The van der Waals surface area contributed by atoms with Crippen LogP contribution in [-0.2, 0) is 12.8 Å². The molecule has 5 heteroatoms. The van der Waals surface area contributed by atoms with Crippen molar-refractivity contribution in [2.24, 2.45) is 16.6 Å². The van der Waals surface area contributed by atoms with E-state index in [2.05, 4.69) is 47.3 Å². The number of nitrogens with one attached hydrogen (secondary N) is 1. The molecule has 134 valence electrons. The number of benzene rings is 1. The van der Waals surface area contributed by atoms with E-state index >= 15 is 0 Å². The second-order valence-corrected chi connectivity index (χ2v) is 7.28. The van der Waals surface area contributed by atoms with Crippen LogP contribution in [0.25, 0.3) is 0 Å². The number of guanidine groups is 1. The molecule has 3 rings (SSSR count). The van der Waals surface area contributed by atoms with Gasteiger partial charge in [0.2, 0.25) is 0 Å². The lowest BCUT2D eigenvalue weighted by Crippen LogP contribution is -2.42. The summed E-state index contributed by atoms with van der Waals surface area (Å²) >= 11 is 0. The SMILES string of the molecule is CC1CCCN(C(C)CN=C(N)Nc2ccc3c(c2)CCC3)C1.I. The van der Waals surface area contributed by atoms with E-state index in [0.29, 0.717) is 12.0 Å². The summed E-state index contributed by atoms with van der Waals surface area (Å²) in [6, 6.07) is 7.01. The number of fused-ring (bicyclic) bond motifs is 1. The van der Waals surface area contributed by atoms with Crippen molar-refractivity contribution in [2.75, 3.05) is 25.0 Å². The van der Waals surface area contributed by atoms with Crippen LogP contribution in [0.2, 0.25) is 0 Å². The number of aryl methyl sites for hydroxylation is 2. The van der Waals surface area contributed by atoms with Gasteiger partial charge in [-0.25, -0.2) is 0 Å². The quantitative estimate of drug-likeness (QED) is 0.425. The van der Waals surface area contributed by atoms with Gasteiger partial charge >= 0.3 is 0 Å². The number of aliphatic imine (C=N–C) groups is 1. The molecular formula is C19H31IN4. The van der Waals surface area contributed by atoms with Crippen LogP contribution >= 0.6 is 24.0 Å². The number of nitrogens with zero attached hydrogens (tertiary/aromatic N) is 2. The van der Waals surface area contributed by atoms with Gasteiger partial charge in [-0.2, -0.15) is 0 Å². The van der Waals surface area contributed by atoms with Crippen LogP contribution in [0.4, 0.5) is 5.69 Å². The van der Waals surface area contributed by atoms with E-state index in [1.807, 2.05) is 0 Å². The summed E-state index contributed by atoms with van der Waals surface area (Å²) in [5.41, 5.74) is 10.1. The Morgan fingerprint density at radius 2 is 2.12 bits per heavy atom. The van der Waals surface area contributed by atoms with E-state index in [-0.39, 0.29) is 24.0 Å². The number of hydrogen-bond donors (Lipinski definition) is 2. The van der Waals surface area contributed by atoms with E-state index in [1.54, 1.807) is 0 Å². The van der Waals surface area contributed by atoms with Crippen molar-refractivity contribution in [2.45, 2.75) is 52.0 Å². The average molecular weight is 442 g/mol. The highest BCUT2D eigenvalue weighted by molar-refractivity contribution is 14.0. The van der Waals surface area contributed by atoms with Gasteiger partial charge < -0.3 is 11.1 Å². The van der Waals surface area contributed by atoms with Crippen molar-refractivity contribution in [3.8, 4) is 0 Å². The fourth-order valence-corrected chi connectivity index (χ4v) is 3.81. The molecule has 1 saturated heterocycles. The Labute approximate surface area is 163 Å². The minimum absolute atomic E-state index is 0. The smallest absolute Gasteiger partial charge is 0.193 e. The van der Waals surface area contributed by atoms with Crippen LogP contribution in [0.15, 0.2) is 23.2 Å². The molecule has 0 bridgehead atoms. The van der Waals surface area contributed by atoms with Crippen molar-refractivity contribution in [3.63, 3.8) is 0 Å². The van der Waals surface area contributed by atoms with Gasteiger partial charge in [-0.05, 0) is 74.8 Å². The van der Waals surface area contributed by atoms with E-state index in [4.69, 9.17) is 5.73 Å². The lowest BCUT2D eigenvalue weighted by molar-refractivity contribution is 0.142. The van der Waals surface area contributed by atoms with Gasteiger partial charge in [-0.1, -0.05) is 13.0 Å². The van der Waals surface area contributed by atoms with Crippen molar-refractivity contribution in [3.05, 3.63) is 29.3 Å². The first-order valence-electron chi connectivity index (χ1n) is 9.04. The summed E-state index contributed by atoms with van der Waals surface area (Å²) in [6.07, 6.45) is 6.33. The molecule has 0 radical (unpaired) electrons. The number of anilines is 1. The van der Waals surface area contributed by atoms with Crippen molar-refractivity contribution >= 4 is 35.6 Å². The standard InChI is InChI=1S/C19H30N4.HI/c1-14-5-4-10-23(13-14)15(2)12-21-19(20)22-18-9-8-16-6-3-7-17(16)11-18;/h8-9,11,14-15H,3-7,10,12-13H2,1-2H3,(H3,20,21,22);1H. The molecule has 1 aromatic carbocycles. The Balaban J connectivity index is 0.00000208. The summed E-state index contributed by atoms with van der Waals surface area (Å²) in [6.45, 7) is 7.74. The Morgan fingerprint density at radius 3 is 2.92 bits per heavy atom. The Hall–Kier alpha value is -0.820. The van der Waals surface area contributed by atoms with Gasteiger partial charge in [-0.15, -0.1) is 24.0 Å². The number of rotatable bonds is 4. The summed E-state index contributed by atoms with van der Waals surface area (Å²) < 4.78 is 0. The predicted molar refractivity (Wildman–Crippen MR) is 113 cm³/mol. The summed E-state index contributed by atoms with van der Waals surface area (Å²) in [4.78, 5) is 7.10. The van der Waals surface area contributed by atoms with Gasteiger partial charge in [0.15, 0.2) is 5.96 Å². The maximum absolute atomic E-state index is 6.08. The van der Waals surface area contributed by atoms with Gasteiger partial charge in [-0.3, -0.25) is 9.89 Å². The summed E-state index contributed by atoms with van der Waals surface area (Å²) in [5, 5.41) is 3.25. The molecule has 1 aromatic rings. The molecule has 0 amide bonds. The molecule has 0 spiro atoms. The minimum atomic E-state index is 0. The largest absolute Gasteiger partial charge is 0.370 e. The van der Waals surface area contributed by atoms with Gasteiger partial charge in [0, 0.05) is 18.3 Å². The molecule has 1 fully saturated rings. The fraction of sp³-hybridized carbons (Fsp3) is 0.632. The first kappa shape index (κ1) is 19.5. The van der Waals surface area contributed by atoms with Crippen LogP contribution in [0.1, 0.15) is 44.2 Å². The van der Waals surface area contributed by atoms with Gasteiger partial charge in [0.25, 0.3) is 0 Å². The van der Waals surface area contributed by atoms with Crippen LogP contribution in [0.5, 0.6) is 0 Å². The van der Waals surface area contributed by atoms with Gasteiger partial charge in [0.1, 0.15) is 0 Å². The zero-order valence-corrected chi connectivity index (χ0v) is 17.3. The highest BCUT2D eigenvalue weighted by Gasteiger charge is 2.20. The zero-order chi connectivity index (χ0) is 16.2. The van der Waals surface area contributed by atoms with Crippen LogP contribution in [-0.4, -0.2) is 36.5 Å². The minimum Gasteiger partial charge on any atom is -0.370 e. The molecule has 24 heavy (non-hydrogen) atoms. The molecule has 1 heterocycles. The monoisotopic (exact) mass is 442 g/mol. The number of halogens is 1. The highest BCUT2D eigenvalue weighted by atomic mass is 127. The summed E-state index contributed by atoms with van der Waals surface area (Å²) in [5.74, 6) is 1.33. The van der Waals surface area contributed by atoms with Crippen LogP contribution in [0, 0.1) is 5.92 Å². The van der Waals surface area contributed by atoms with E-state index in [1.165, 1.54) is 56.3 Å². The van der Waals surface area contributed by atoms with Crippen molar-refractivity contribution in [1.29, 1.82) is 0 Å². The van der Waals surface area contributed by atoms with Crippen molar-refractivity contribution < 1.29 is 0 Å². The van der Waals surface area contributed by atoms with E-state index < -0.39 is 0 Å². The first-order valence-corrected chi connectivity index (χ1v) is 9.04. The number of likely N-dealkylation sites (tertiary alicyclic amines) is 1. The topological polar surface area (TPSA) is 53.6 Å². The second kappa shape index (κ2) is 9.04. The second-order valence-electron chi connectivity index (χ2n) is 7.28. The Bertz CT molecular complexity index is 572. The first-order chi connectivity index (χ1) is 11.1. The number of hydrogen-bond acceptors (Lipinski definition) is 2. The summed E-state index contributed by atoms with van der Waals surface area (Å²) in [7, 11) is 0. The highest BCUT2D eigenvalue weighted by Crippen LogP contribution is 2.24. The average Bonchev–Trinajstić information content (AvgIpc) is 3.00. The van der Waals surface area contributed by atoms with Gasteiger partial charge in [0.05, 0.1) is 6.54 Å². The molecule has 0 aromatic heterocycles. The van der Waals surface area contributed by atoms with Crippen LogP contribution in [0.3, 0.4) is 0 Å². The maximum Gasteiger partial charge on any atom is 0.193 e. The molecule has 2 atom stereocenters. The van der Waals surface area contributed by atoms with Crippen molar-refractivity contribution in [1.82, 2.24) is 4.90 Å². The molecular weight excluding hydrogens is 411 g/mol. The Morgan fingerprint density at radius 1 is 1.33 bits per heavy atom. The lowest BCUT2D eigenvalue weighted by atomic mass is 9.99. The number of piperidine rings is 1. The molecule has 2 unspecified atom stereocenters. The van der Waals surface area contributed by atoms with E-state index in [9.17, 15) is 0 Å². The lowest BCUT2D eigenvalue weighted by Gasteiger charge is -2.34. The molecule has 2 aliphatic rings. The number of nitrogens with two attached hydrogens (primary N) is 1. The third-order valence-electron chi connectivity index (χ3n) is 5.21. The van der Waals surface area contributed by atoms with Crippen LogP contribution < -0.4 is 11.1 Å². The third kappa shape index (κ3) is 5.09. The fourth-order valence-electron chi connectivity index (χ4n) is 3.81. The molecule has 1 aliphatic heterocycles. The zero-order valence-electron chi connectivity index (χ0n) is 14.9. The predicted octanol–water partition coefficient (Wildman–Crippen LogP) is 3.64. The molecule has 3 N–H and O–H groups in total. The maximum atomic E-state index is 6.08. The normalized spacial score (nSPS) is 22.6.